The van der Waals surface area contributed by atoms with Crippen LogP contribution >= 0.6 is 0 Å². The molecule has 1 amide bonds. The van der Waals surface area contributed by atoms with Crippen molar-refractivity contribution in [3.63, 3.8) is 0 Å². The van der Waals surface area contributed by atoms with Gasteiger partial charge in [0.1, 0.15) is 5.75 Å². The molecule has 1 aromatic carbocycles. The van der Waals surface area contributed by atoms with Crippen LogP contribution in [0.5, 0.6) is 5.75 Å². The summed E-state index contributed by atoms with van der Waals surface area (Å²) in [5.41, 5.74) is 6.95. The predicted molar refractivity (Wildman–Crippen MR) is 68.9 cm³/mol. The number of aromatic hydroxyl groups is 1. The van der Waals surface area contributed by atoms with E-state index in [-0.39, 0.29) is 17.6 Å². The minimum atomic E-state index is -0.556. The second-order valence-corrected chi connectivity index (χ2v) is 4.37. The molecule has 0 aliphatic heterocycles. The highest BCUT2D eigenvalue weighted by atomic mass is 16.3. The van der Waals surface area contributed by atoms with E-state index in [0.29, 0.717) is 5.69 Å². The number of hydrogen-bond acceptors (Lipinski definition) is 3. The highest BCUT2D eigenvalue weighted by Gasteiger charge is 2.20. The number of nitrogens with two attached hydrogens (primary N) is 1. The van der Waals surface area contributed by atoms with E-state index in [2.05, 4.69) is 5.32 Å². The average Bonchev–Trinajstić information content (AvgIpc) is 2.32. The summed E-state index contributed by atoms with van der Waals surface area (Å²) in [5, 5.41) is 12.4. The largest absolute Gasteiger partial charge is 0.505 e. The molecule has 17 heavy (non-hydrogen) atoms. The summed E-state index contributed by atoms with van der Waals surface area (Å²) in [6.07, 6.45) is 0.842. The molecule has 0 radical (unpaired) electrons. The van der Waals surface area contributed by atoms with Crippen LogP contribution in [0, 0.1) is 12.8 Å². The summed E-state index contributed by atoms with van der Waals surface area (Å²) in [6, 6.07) is 4.66. The Bertz CT molecular complexity index is 404. The van der Waals surface area contributed by atoms with E-state index in [0.717, 1.165) is 12.0 Å². The lowest BCUT2D eigenvalue weighted by atomic mass is 9.99. The summed E-state index contributed by atoms with van der Waals surface area (Å²) in [5.74, 6) is -0.0561. The molecule has 0 spiro atoms. The molecular weight excluding hydrogens is 216 g/mol. The second-order valence-electron chi connectivity index (χ2n) is 4.37. The van der Waals surface area contributed by atoms with Crippen molar-refractivity contribution in [3.8, 4) is 5.75 Å². The molecule has 0 unspecified atom stereocenters. The van der Waals surface area contributed by atoms with Gasteiger partial charge in [0.05, 0.1) is 11.7 Å². The second kappa shape index (κ2) is 5.68. The molecule has 1 rings (SSSR count). The van der Waals surface area contributed by atoms with Gasteiger partial charge >= 0.3 is 0 Å². The molecule has 4 heteroatoms. The van der Waals surface area contributed by atoms with Gasteiger partial charge in [-0.05, 0) is 24.5 Å². The van der Waals surface area contributed by atoms with Crippen molar-refractivity contribution in [3.05, 3.63) is 23.8 Å². The van der Waals surface area contributed by atoms with Crippen molar-refractivity contribution in [2.24, 2.45) is 11.7 Å². The standard InChI is InChI=1S/C13H20N2O2/c1-4-8(2)11(14)13(17)15-10-7-5-6-9(3)12(10)16/h5-8,11,16H,4,14H2,1-3H3,(H,15,17)/t8-,11-/m0/s1. The molecule has 1 aromatic rings. The zero-order chi connectivity index (χ0) is 13.0. The van der Waals surface area contributed by atoms with Crippen LogP contribution < -0.4 is 11.1 Å². The van der Waals surface area contributed by atoms with Gasteiger partial charge in [0.25, 0.3) is 0 Å². The number of nitrogens with one attached hydrogen (secondary N) is 1. The number of rotatable bonds is 4. The minimum absolute atomic E-state index is 0.0946. The van der Waals surface area contributed by atoms with Crippen molar-refractivity contribution < 1.29 is 9.90 Å². The third-order valence-electron chi connectivity index (χ3n) is 3.06. The Labute approximate surface area is 102 Å². The van der Waals surface area contributed by atoms with Crippen molar-refractivity contribution in [2.75, 3.05) is 5.32 Å². The van der Waals surface area contributed by atoms with E-state index in [1.807, 2.05) is 13.8 Å². The van der Waals surface area contributed by atoms with Gasteiger partial charge in [-0.3, -0.25) is 4.79 Å². The lowest BCUT2D eigenvalue weighted by molar-refractivity contribution is -0.118. The summed E-state index contributed by atoms with van der Waals surface area (Å²) < 4.78 is 0. The van der Waals surface area contributed by atoms with Crippen molar-refractivity contribution >= 4 is 11.6 Å². The molecule has 94 valence electrons. The SMILES string of the molecule is CC[C@H](C)[C@H](N)C(=O)Nc1cccc(C)c1O. The zero-order valence-electron chi connectivity index (χ0n) is 10.5. The Hall–Kier alpha value is -1.55. The first-order chi connectivity index (χ1) is 7.97. The topological polar surface area (TPSA) is 75.4 Å². The number of para-hydroxylation sites is 1. The summed E-state index contributed by atoms with van der Waals surface area (Å²) >= 11 is 0. The normalized spacial score (nSPS) is 14.1. The molecule has 0 fully saturated rings. The van der Waals surface area contributed by atoms with Crippen LogP contribution in [0.1, 0.15) is 25.8 Å². The lowest BCUT2D eigenvalue weighted by Crippen LogP contribution is -2.40. The van der Waals surface area contributed by atoms with Crippen LogP contribution in [0.2, 0.25) is 0 Å². The third-order valence-corrected chi connectivity index (χ3v) is 3.06. The van der Waals surface area contributed by atoms with Gasteiger partial charge in [0.15, 0.2) is 0 Å². The smallest absolute Gasteiger partial charge is 0.241 e. The number of hydrogen-bond donors (Lipinski definition) is 3. The molecule has 0 aliphatic rings. The van der Waals surface area contributed by atoms with Crippen molar-refractivity contribution in [2.45, 2.75) is 33.2 Å². The van der Waals surface area contributed by atoms with Crippen LogP contribution in [0.15, 0.2) is 18.2 Å². The maximum absolute atomic E-state index is 11.8. The van der Waals surface area contributed by atoms with Gasteiger partial charge in [-0.15, -0.1) is 0 Å². The van der Waals surface area contributed by atoms with Crippen molar-refractivity contribution in [1.82, 2.24) is 0 Å². The highest BCUT2D eigenvalue weighted by molar-refractivity contribution is 5.96. The molecular formula is C13H20N2O2. The maximum atomic E-state index is 11.8. The number of anilines is 1. The summed E-state index contributed by atoms with van der Waals surface area (Å²) in [6.45, 7) is 5.70. The first-order valence-electron chi connectivity index (χ1n) is 5.82. The maximum Gasteiger partial charge on any atom is 0.241 e. The molecule has 0 heterocycles. The molecule has 4 N–H and O–H groups in total. The monoisotopic (exact) mass is 236 g/mol. The van der Waals surface area contributed by atoms with Crippen LogP contribution in [0.25, 0.3) is 0 Å². The predicted octanol–water partition coefficient (Wildman–Crippen LogP) is 2.01. The van der Waals surface area contributed by atoms with Crippen LogP contribution in [-0.2, 0) is 4.79 Å². The molecule has 0 saturated carbocycles. The van der Waals surface area contributed by atoms with Gasteiger partial charge in [0, 0.05) is 0 Å². The average molecular weight is 236 g/mol. The van der Waals surface area contributed by atoms with Gasteiger partial charge < -0.3 is 16.2 Å². The van der Waals surface area contributed by atoms with E-state index in [9.17, 15) is 9.90 Å². The Morgan fingerprint density at radius 3 is 2.76 bits per heavy atom. The molecule has 0 aliphatic carbocycles. The summed E-state index contributed by atoms with van der Waals surface area (Å²) in [7, 11) is 0. The van der Waals surface area contributed by atoms with E-state index in [1.54, 1.807) is 25.1 Å². The Balaban J connectivity index is 2.78. The number of benzene rings is 1. The van der Waals surface area contributed by atoms with Crippen LogP contribution in [0.3, 0.4) is 0 Å². The fourth-order valence-corrected chi connectivity index (χ4v) is 1.49. The first-order valence-corrected chi connectivity index (χ1v) is 5.82. The zero-order valence-corrected chi connectivity index (χ0v) is 10.5. The van der Waals surface area contributed by atoms with E-state index >= 15 is 0 Å². The number of phenolic OH excluding ortho intramolecular Hbond substituents is 1. The number of amides is 1. The van der Waals surface area contributed by atoms with Gasteiger partial charge in [0.2, 0.25) is 5.91 Å². The Morgan fingerprint density at radius 2 is 2.18 bits per heavy atom. The van der Waals surface area contributed by atoms with E-state index < -0.39 is 6.04 Å². The van der Waals surface area contributed by atoms with E-state index in [4.69, 9.17) is 5.73 Å². The summed E-state index contributed by atoms with van der Waals surface area (Å²) in [4.78, 5) is 11.8. The van der Waals surface area contributed by atoms with Gasteiger partial charge in [-0.1, -0.05) is 32.4 Å². The van der Waals surface area contributed by atoms with Crippen LogP contribution in [-0.4, -0.2) is 17.1 Å². The van der Waals surface area contributed by atoms with Crippen molar-refractivity contribution in [1.29, 1.82) is 0 Å². The fourth-order valence-electron chi connectivity index (χ4n) is 1.49. The number of phenols is 1. The van der Waals surface area contributed by atoms with Gasteiger partial charge in [-0.25, -0.2) is 0 Å². The quantitative estimate of drug-likeness (QED) is 0.700. The van der Waals surface area contributed by atoms with Gasteiger partial charge in [-0.2, -0.15) is 0 Å². The molecule has 0 bridgehead atoms. The first kappa shape index (κ1) is 13.5. The third kappa shape index (κ3) is 3.20. The fraction of sp³-hybridized carbons (Fsp3) is 0.462. The Kier molecular flexibility index (Phi) is 4.52. The van der Waals surface area contributed by atoms with E-state index in [1.165, 1.54) is 0 Å². The number of aryl methyl sites for hydroxylation is 1. The number of carbonyl (C=O) groups excluding carboxylic acids is 1. The molecule has 2 atom stereocenters. The van der Waals surface area contributed by atoms with Crippen LogP contribution in [0.4, 0.5) is 5.69 Å². The number of carbonyl (C=O) groups is 1. The molecule has 0 aromatic heterocycles. The molecule has 0 saturated heterocycles. The molecule has 4 nitrogen and oxygen atoms in total. The highest BCUT2D eigenvalue weighted by Crippen LogP contribution is 2.26. The lowest BCUT2D eigenvalue weighted by Gasteiger charge is -2.18. The minimum Gasteiger partial charge on any atom is -0.505 e. The Morgan fingerprint density at radius 1 is 1.53 bits per heavy atom.